The van der Waals surface area contributed by atoms with Crippen molar-refractivity contribution < 1.29 is 4.39 Å². The highest BCUT2D eigenvalue weighted by molar-refractivity contribution is 5.69. The molecule has 23 heavy (non-hydrogen) atoms. The number of hydrogen-bond donors (Lipinski definition) is 2. The molecule has 1 aliphatic rings. The van der Waals surface area contributed by atoms with Crippen molar-refractivity contribution in [3.8, 4) is 11.1 Å². The van der Waals surface area contributed by atoms with Crippen LogP contribution in [0.4, 0.5) is 10.1 Å². The monoisotopic (exact) mass is 308 g/mol. The van der Waals surface area contributed by atoms with Crippen molar-refractivity contribution >= 4 is 5.69 Å². The average Bonchev–Trinajstić information content (AvgIpc) is 3.08. The zero-order chi connectivity index (χ0) is 15.6. The maximum Gasteiger partial charge on any atom is 0.131 e. The molecular formula is C18H17FN4. The van der Waals surface area contributed by atoms with E-state index in [0.29, 0.717) is 11.6 Å². The second kappa shape index (κ2) is 5.83. The first-order valence-electron chi connectivity index (χ1n) is 7.78. The molecule has 0 saturated carbocycles. The van der Waals surface area contributed by atoms with Gasteiger partial charge in [0.25, 0.3) is 0 Å². The van der Waals surface area contributed by atoms with Crippen LogP contribution in [0.2, 0.25) is 0 Å². The molecule has 2 heterocycles. The molecule has 2 N–H and O–H groups in total. The van der Waals surface area contributed by atoms with Crippen LogP contribution in [-0.2, 0) is 12.8 Å². The Morgan fingerprint density at radius 1 is 1.17 bits per heavy atom. The van der Waals surface area contributed by atoms with Crippen molar-refractivity contribution in [1.29, 1.82) is 0 Å². The number of nitrogens with zero attached hydrogens (tertiary/aromatic N) is 2. The summed E-state index contributed by atoms with van der Waals surface area (Å²) in [5.41, 5.74) is 4.92. The quantitative estimate of drug-likeness (QED) is 0.777. The highest BCUT2D eigenvalue weighted by Crippen LogP contribution is 2.31. The summed E-state index contributed by atoms with van der Waals surface area (Å²) < 4.78 is 13.9. The van der Waals surface area contributed by atoms with E-state index < -0.39 is 0 Å². The van der Waals surface area contributed by atoms with Crippen LogP contribution < -0.4 is 5.32 Å². The summed E-state index contributed by atoms with van der Waals surface area (Å²) in [7, 11) is 0. The predicted molar refractivity (Wildman–Crippen MR) is 87.7 cm³/mol. The molecule has 0 saturated heterocycles. The maximum atomic E-state index is 13.9. The molecule has 0 radical (unpaired) electrons. The second-order valence-electron chi connectivity index (χ2n) is 5.90. The fourth-order valence-electron chi connectivity index (χ4n) is 3.16. The van der Waals surface area contributed by atoms with Gasteiger partial charge in [0.15, 0.2) is 0 Å². The highest BCUT2D eigenvalue weighted by atomic mass is 19.1. The minimum absolute atomic E-state index is 0.180. The van der Waals surface area contributed by atoms with E-state index in [9.17, 15) is 4.39 Å². The smallest absolute Gasteiger partial charge is 0.131 e. The van der Waals surface area contributed by atoms with Gasteiger partial charge in [-0.05, 0) is 42.2 Å². The lowest BCUT2D eigenvalue weighted by atomic mass is 9.92. The van der Waals surface area contributed by atoms with Gasteiger partial charge in [-0.1, -0.05) is 24.3 Å². The Bertz CT molecular complexity index is 814. The Morgan fingerprint density at radius 2 is 2.09 bits per heavy atom. The van der Waals surface area contributed by atoms with E-state index in [-0.39, 0.29) is 5.82 Å². The fourth-order valence-corrected chi connectivity index (χ4v) is 3.16. The van der Waals surface area contributed by atoms with Crippen LogP contribution in [0.3, 0.4) is 0 Å². The Balaban J connectivity index is 1.56. The lowest BCUT2D eigenvalue weighted by molar-refractivity contribution is 0.619. The Kier molecular flexibility index (Phi) is 3.54. The molecule has 0 spiro atoms. The third-order valence-electron chi connectivity index (χ3n) is 4.33. The first kappa shape index (κ1) is 13.9. The van der Waals surface area contributed by atoms with E-state index in [1.54, 1.807) is 12.3 Å². The van der Waals surface area contributed by atoms with Gasteiger partial charge >= 0.3 is 0 Å². The van der Waals surface area contributed by atoms with E-state index in [4.69, 9.17) is 0 Å². The van der Waals surface area contributed by atoms with E-state index in [1.807, 2.05) is 24.3 Å². The van der Waals surface area contributed by atoms with Crippen LogP contribution in [0, 0.1) is 5.82 Å². The largest absolute Gasteiger partial charge is 0.382 e. The van der Waals surface area contributed by atoms with Crippen LogP contribution in [0.15, 0.2) is 48.7 Å². The molecule has 1 aliphatic heterocycles. The molecule has 4 rings (SSSR count). The fraction of sp³-hybridized carbons (Fsp3) is 0.222. The van der Waals surface area contributed by atoms with Gasteiger partial charge in [0.1, 0.15) is 5.82 Å². The first-order chi connectivity index (χ1) is 11.3. The number of aromatic amines is 1. The predicted octanol–water partition coefficient (Wildman–Crippen LogP) is 3.58. The number of halogens is 1. The standard InChI is InChI=1S/C18H17FN4/c19-17-4-2-1-3-16(17)12-6-8-18-13(9-12)5-7-14(21-18)10-15-11-20-23-22-15/h1-4,6,8-9,11,14,21H,5,7,10H2,(H,20,22,23). The zero-order valence-electron chi connectivity index (χ0n) is 12.6. The van der Waals surface area contributed by atoms with E-state index in [0.717, 1.165) is 36.2 Å². The van der Waals surface area contributed by atoms with E-state index in [1.165, 1.54) is 11.6 Å². The van der Waals surface area contributed by atoms with Crippen LogP contribution in [0.1, 0.15) is 17.7 Å². The van der Waals surface area contributed by atoms with Crippen molar-refractivity contribution in [2.75, 3.05) is 5.32 Å². The summed E-state index contributed by atoms with van der Waals surface area (Å²) in [4.78, 5) is 0. The molecule has 116 valence electrons. The molecule has 5 heteroatoms. The van der Waals surface area contributed by atoms with Gasteiger partial charge in [0, 0.05) is 23.7 Å². The number of aryl methyl sites for hydroxylation is 1. The number of nitrogens with one attached hydrogen (secondary N) is 2. The molecule has 2 aromatic carbocycles. The molecule has 4 nitrogen and oxygen atoms in total. The topological polar surface area (TPSA) is 53.6 Å². The molecule has 0 aliphatic carbocycles. The molecule has 1 atom stereocenters. The molecule has 0 fully saturated rings. The highest BCUT2D eigenvalue weighted by Gasteiger charge is 2.19. The first-order valence-corrected chi connectivity index (χ1v) is 7.78. The van der Waals surface area contributed by atoms with Gasteiger partial charge in [-0.15, -0.1) is 0 Å². The summed E-state index contributed by atoms with van der Waals surface area (Å²) in [6.45, 7) is 0. The molecular weight excluding hydrogens is 291 g/mol. The van der Waals surface area contributed by atoms with Crippen LogP contribution in [0.5, 0.6) is 0 Å². The number of H-pyrrole nitrogens is 1. The lowest BCUT2D eigenvalue weighted by Crippen LogP contribution is -2.27. The molecule has 0 amide bonds. The molecule has 0 bridgehead atoms. The van der Waals surface area contributed by atoms with Gasteiger partial charge < -0.3 is 5.32 Å². The van der Waals surface area contributed by atoms with Gasteiger partial charge in [-0.25, -0.2) is 4.39 Å². The van der Waals surface area contributed by atoms with Crippen molar-refractivity contribution in [2.45, 2.75) is 25.3 Å². The Morgan fingerprint density at radius 3 is 2.91 bits per heavy atom. The summed E-state index contributed by atoms with van der Waals surface area (Å²) in [5.74, 6) is -0.180. The SMILES string of the molecule is Fc1ccccc1-c1ccc2c(c1)CCC(Cc1cn[nH]n1)N2. The minimum Gasteiger partial charge on any atom is -0.382 e. The van der Waals surface area contributed by atoms with Gasteiger partial charge in [-0.2, -0.15) is 15.4 Å². The summed E-state index contributed by atoms with van der Waals surface area (Å²) in [5, 5.41) is 14.2. The molecule has 1 unspecified atom stereocenters. The number of anilines is 1. The van der Waals surface area contributed by atoms with Gasteiger partial charge in [0.05, 0.1) is 11.9 Å². The van der Waals surface area contributed by atoms with Crippen LogP contribution in [-0.4, -0.2) is 21.5 Å². The van der Waals surface area contributed by atoms with Crippen molar-refractivity contribution in [2.24, 2.45) is 0 Å². The number of hydrogen-bond acceptors (Lipinski definition) is 3. The molecule has 3 aromatic rings. The second-order valence-corrected chi connectivity index (χ2v) is 5.90. The molecule has 1 aromatic heterocycles. The maximum absolute atomic E-state index is 13.9. The Hall–Kier alpha value is -2.69. The minimum atomic E-state index is -0.180. The van der Waals surface area contributed by atoms with E-state index in [2.05, 4.69) is 26.8 Å². The lowest BCUT2D eigenvalue weighted by Gasteiger charge is -2.27. The van der Waals surface area contributed by atoms with Crippen LogP contribution >= 0.6 is 0 Å². The number of fused-ring (bicyclic) bond motifs is 1. The third-order valence-corrected chi connectivity index (χ3v) is 4.33. The number of benzene rings is 2. The van der Waals surface area contributed by atoms with Crippen molar-refractivity contribution in [3.05, 3.63) is 65.7 Å². The summed E-state index contributed by atoms with van der Waals surface area (Å²) >= 11 is 0. The van der Waals surface area contributed by atoms with Gasteiger partial charge in [0.2, 0.25) is 0 Å². The number of rotatable bonds is 3. The average molecular weight is 308 g/mol. The Labute approximate surface area is 133 Å². The summed E-state index contributed by atoms with van der Waals surface area (Å²) in [6.07, 6.45) is 4.62. The van der Waals surface area contributed by atoms with Gasteiger partial charge in [-0.3, -0.25) is 0 Å². The van der Waals surface area contributed by atoms with E-state index >= 15 is 0 Å². The third kappa shape index (κ3) is 2.82. The zero-order valence-corrected chi connectivity index (χ0v) is 12.6. The summed E-state index contributed by atoms with van der Waals surface area (Å²) in [6, 6.07) is 13.4. The normalized spacial score (nSPS) is 16.7. The van der Waals surface area contributed by atoms with Crippen LogP contribution in [0.25, 0.3) is 11.1 Å². The number of aromatic nitrogens is 3. The van der Waals surface area contributed by atoms with Crippen molar-refractivity contribution in [3.63, 3.8) is 0 Å². The van der Waals surface area contributed by atoms with Crippen molar-refractivity contribution in [1.82, 2.24) is 15.4 Å².